The van der Waals surface area contributed by atoms with E-state index >= 15 is 0 Å². The molecule has 3 N–H and O–H groups in total. The highest BCUT2D eigenvalue weighted by molar-refractivity contribution is 5.75. The number of amides is 2. The van der Waals surface area contributed by atoms with Crippen molar-refractivity contribution in [2.45, 2.75) is 45.4 Å². The molecule has 15 heavy (non-hydrogen) atoms. The van der Waals surface area contributed by atoms with Crippen molar-refractivity contribution in [2.24, 2.45) is 0 Å². The molecule has 0 heterocycles. The Labute approximate surface area is 90.2 Å². The number of hydrogen-bond acceptors (Lipinski definition) is 3. The van der Waals surface area contributed by atoms with Crippen LogP contribution in [0, 0.1) is 0 Å². The molecule has 5 nitrogen and oxygen atoms in total. The standard InChI is InChI=1S/C10H20N2O3/c1-2-9(13)11-8-6-4-3-5-7-10(14)12-15/h15H,2-8H2,1H3,(H,11,13)(H,12,14). The van der Waals surface area contributed by atoms with Crippen LogP contribution in [-0.4, -0.2) is 23.6 Å². The summed E-state index contributed by atoms with van der Waals surface area (Å²) in [6.45, 7) is 2.53. The number of hydroxylamine groups is 1. The zero-order valence-electron chi connectivity index (χ0n) is 9.21. The number of rotatable bonds is 8. The van der Waals surface area contributed by atoms with Crippen molar-refractivity contribution in [1.82, 2.24) is 10.8 Å². The summed E-state index contributed by atoms with van der Waals surface area (Å²) in [7, 11) is 0. The van der Waals surface area contributed by atoms with Crippen molar-refractivity contribution in [2.75, 3.05) is 6.54 Å². The van der Waals surface area contributed by atoms with Crippen LogP contribution in [0.2, 0.25) is 0 Å². The molecule has 5 heteroatoms. The lowest BCUT2D eigenvalue weighted by Crippen LogP contribution is -2.23. The summed E-state index contributed by atoms with van der Waals surface area (Å²) >= 11 is 0. The van der Waals surface area contributed by atoms with Gasteiger partial charge in [0.25, 0.3) is 0 Å². The van der Waals surface area contributed by atoms with E-state index in [-0.39, 0.29) is 11.8 Å². The molecule has 0 aliphatic carbocycles. The third-order valence-electron chi connectivity index (χ3n) is 2.10. The topological polar surface area (TPSA) is 78.4 Å². The summed E-state index contributed by atoms with van der Waals surface area (Å²) in [5.74, 6) is -0.260. The normalized spacial score (nSPS) is 9.73. The summed E-state index contributed by atoms with van der Waals surface area (Å²) in [5.41, 5.74) is 1.59. The Morgan fingerprint density at radius 1 is 1.07 bits per heavy atom. The van der Waals surface area contributed by atoms with Gasteiger partial charge in [0.15, 0.2) is 0 Å². The predicted molar refractivity (Wildman–Crippen MR) is 56.3 cm³/mol. The van der Waals surface area contributed by atoms with Crippen molar-refractivity contribution in [3.63, 3.8) is 0 Å². The van der Waals surface area contributed by atoms with Gasteiger partial charge in [-0.2, -0.15) is 0 Å². The lowest BCUT2D eigenvalue weighted by molar-refractivity contribution is -0.129. The van der Waals surface area contributed by atoms with Crippen LogP contribution in [0.4, 0.5) is 0 Å². The van der Waals surface area contributed by atoms with Crippen LogP contribution >= 0.6 is 0 Å². The summed E-state index contributed by atoms with van der Waals surface area (Å²) < 4.78 is 0. The molecule has 0 unspecified atom stereocenters. The molecular weight excluding hydrogens is 196 g/mol. The average molecular weight is 216 g/mol. The largest absolute Gasteiger partial charge is 0.356 e. The van der Waals surface area contributed by atoms with Gasteiger partial charge in [0.05, 0.1) is 0 Å². The van der Waals surface area contributed by atoms with Gasteiger partial charge in [-0.3, -0.25) is 14.8 Å². The Bertz CT molecular complexity index is 175. The van der Waals surface area contributed by atoms with E-state index in [4.69, 9.17) is 5.21 Å². The number of carbonyl (C=O) groups excluding carboxylic acids is 2. The monoisotopic (exact) mass is 216 g/mol. The molecule has 0 aliphatic rings. The highest BCUT2D eigenvalue weighted by atomic mass is 16.5. The molecule has 0 atom stereocenters. The van der Waals surface area contributed by atoms with Gasteiger partial charge in [0, 0.05) is 19.4 Å². The maximum atomic E-state index is 10.8. The highest BCUT2D eigenvalue weighted by Gasteiger charge is 1.98. The fraction of sp³-hybridized carbons (Fsp3) is 0.800. The van der Waals surface area contributed by atoms with Crippen LogP contribution in [0.3, 0.4) is 0 Å². The first kappa shape index (κ1) is 13.9. The minimum Gasteiger partial charge on any atom is -0.356 e. The first-order chi connectivity index (χ1) is 7.20. The van der Waals surface area contributed by atoms with E-state index in [1.165, 1.54) is 0 Å². The Kier molecular flexibility index (Phi) is 8.76. The van der Waals surface area contributed by atoms with Gasteiger partial charge in [-0.15, -0.1) is 0 Å². The molecule has 0 aromatic rings. The Morgan fingerprint density at radius 3 is 2.33 bits per heavy atom. The number of hydrogen-bond donors (Lipinski definition) is 3. The van der Waals surface area contributed by atoms with E-state index in [2.05, 4.69) is 5.32 Å². The predicted octanol–water partition coefficient (Wildman–Crippen LogP) is 0.968. The molecule has 0 radical (unpaired) electrons. The number of nitrogens with one attached hydrogen (secondary N) is 2. The third-order valence-corrected chi connectivity index (χ3v) is 2.10. The Morgan fingerprint density at radius 2 is 1.73 bits per heavy atom. The number of carbonyl (C=O) groups is 2. The molecule has 0 fully saturated rings. The lowest BCUT2D eigenvalue weighted by Gasteiger charge is -2.03. The van der Waals surface area contributed by atoms with Gasteiger partial charge in [0.1, 0.15) is 0 Å². The molecule has 2 amide bonds. The Balaban J connectivity index is 3.11. The molecule has 0 saturated carbocycles. The van der Waals surface area contributed by atoms with Crippen molar-refractivity contribution in [3.8, 4) is 0 Å². The molecule has 0 aromatic carbocycles. The van der Waals surface area contributed by atoms with Crippen LogP contribution in [0.15, 0.2) is 0 Å². The highest BCUT2D eigenvalue weighted by Crippen LogP contribution is 2.02. The maximum Gasteiger partial charge on any atom is 0.243 e. The summed E-state index contributed by atoms with van der Waals surface area (Å²) in [6.07, 6.45) is 4.52. The lowest BCUT2D eigenvalue weighted by atomic mass is 10.1. The van der Waals surface area contributed by atoms with Crippen molar-refractivity contribution >= 4 is 11.8 Å². The van der Waals surface area contributed by atoms with Gasteiger partial charge >= 0.3 is 0 Å². The first-order valence-electron chi connectivity index (χ1n) is 5.40. The zero-order chi connectivity index (χ0) is 11.5. The molecular formula is C10H20N2O3. The van der Waals surface area contributed by atoms with Crippen LogP contribution in [0.5, 0.6) is 0 Å². The maximum absolute atomic E-state index is 10.8. The minimum atomic E-state index is -0.339. The molecule has 0 spiro atoms. The van der Waals surface area contributed by atoms with E-state index in [1.54, 1.807) is 5.48 Å². The van der Waals surface area contributed by atoms with Gasteiger partial charge < -0.3 is 5.32 Å². The second-order valence-corrected chi connectivity index (χ2v) is 3.40. The van der Waals surface area contributed by atoms with Crippen molar-refractivity contribution in [1.29, 1.82) is 0 Å². The summed E-state index contributed by atoms with van der Waals surface area (Å²) in [6, 6.07) is 0. The van der Waals surface area contributed by atoms with Gasteiger partial charge in [-0.05, 0) is 12.8 Å². The van der Waals surface area contributed by atoms with Crippen LogP contribution in [-0.2, 0) is 9.59 Å². The Hall–Kier alpha value is -1.10. The molecule has 0 aliphatic heterocycles. The second-order valence-electron chi connectivity index (χ2n) is 3.40. The summed E-state index contributed by atoms with van der Waals surface area (Å²) in [4.78, 5) is 21.4. The van der Waals surface area contributed by atoms with Crippen molar-refractivity contribution in [3.05, 3.63) is 0 Å². The van der Waals surface area contributed by atoms with Crippen LogP contribution < -0.4 is 10.8 Å². The third kappa shape index (κ3) is 9.21. The smallest absolute Gasteiger partial charge is 0.243 e. The van der Waals surface area contributed by atoms with Crippen LogP contribution in [0.25, 0.3) is 0 Å². The SMILES string of the molecule is CCC(=O)NCCCCCCC(=O)NO. The fourth-order valence-corrected chi connectivity index (χ4v) is 1.17. The first-order valence-corrected chi connectivity index (χ1v) is 5.40. The fourth-order valence-electron chi connectivity index (χ4n) is 1.17. The molecule has 0 rings (SSSR count). The quantitative estimate of drug-likeness (QED) is 0.321. The van der Waals surface area contributed by atoms with E-state index in [0.29, 0.717) is 19.4 Å². The van der Waals surface area contributed by atoms with Gasteiger partial charge in [-0.1, -0.05) is 19.8 Å². The van der Waals surface area contributed by atoms with Gasteiger partial charge in [0.2, 0.25) is 11.8 Å². The molecule has 0 aromatic heterocycles. The summed E-state index contributed by atoms with van der Waals surface area (Å²) in [5, 5.41) is 11.0. The van der Waals surface area contributed by atoms with Crippen molar-refractivity contribution < 1.29 is 14.8 Å². The van der Waals surface area contributed by atoms with Crippen LogP contribution in [0.1, 0.15) is 45.4 Å². The van der Waals surface area contributed by atoms with E-state index in [1.807, 2.05) is 6.92 Å². The zero-order valence-corrected chi connectivity index (χ0v) is 9.21. The van der Waals surface area contributed by atoms with E-state index < -0.39 is 0 Å². The second kappa shape index (κ2) is 9.45. The minimum absolute atomic E-state index is 0.0784. The number of unbranched alkanes of at least 4 members (excludes halogenated alkanes) is 3. The molecule has 88 valence electrons. The van der Waals surface area contributed by atoms with E-state index in [0.717, 1.165) is 25.7 Å². The molecule has 0 bridgehead atoms. The van der Waals surface area contributed by atoms with Gasteiger partial charge in [-0.25, -0.2) is 5.48 Å². The molecule has 0 saturated heterocycles. The average Bonchev–Trinajstić information content (AvgIpc) is 2.26. The van der Waals surface area contributed by atoms with E-state index in [9.17, 15) is 9.59 Å².